The van der Waals surface area contributed by atoms with Crippen LogP contribution in [0.15, 0.2) is 36.4 Å². The van der Waals surface area contributed by atoms with Crippen LogP contribution in [0.2, 0.25) is 0 Å². The number of benzene rings is 1. The molecule has 4 rings (SSSR count). The summed E-state index contributed by atoms with van der Waals surface area (Å²) in [6, 6.07) is 12.2. The van der Waals surface area contributed by atoms with Gasteiger partial charge < -0.3 is 10.1 Å². The first-order valence-electron chi connectivity index (χ1n) is 10.6. The Balaban J connectivity index is 1.41. The molecular weight excluding hydrogens is 396 g/mol. The van der Waals surface area contributed by atoms with Gasteiger partial charge in [-0.05, 0) is 24.5 Å². The van der Waals surface area contributed by atoms with Gasteiger partial charge in [0.25, 0.3) is 5.91 Å². The third kappa shape index (κ3) is 4.91. The van der Waals surface area contributed by atoms with E-state index in [4.69, 9.17) is 4.74 Å². The molecule has 1 aliphatic heterocycles. The molecule has 30 heavy (non-hydrogen) atoms. The van der Waals surface area contributed by atoms with Gasteiger partial charge in [-0.3, -0.25) is 14.4 Å². The topological polar surface area (TPSA) is 59.4 Å². The van der Waals surface area contributed by atoms with Crippen molar-refractivity contribution in [1.82, 2.24) is 20.0 Å². The minimum Gasteiger partial charge on any atom is -0.374 e. The third-order valence-electron chi connectivity index (χ3n) is 5.34. The maximum absolute atomic E-state index is 12.8. The lowest BCUT2D eigenvalue weighted by Crippen LogP contribution is -2.48. The van der Waals surface area contributed by atoms with Crippen LogP contribution in [0.4, 0.5) is 0 Å². The van der Waals surface area contributed by atoms with Crippen molar-refractivity contribution in [3.05, 3.63) is 52.5 Å². The number of hydrogen-bond acceptors (Lipinski definition) is 5. The third-order valence-corrected chi connectivity index (χ3v) is 6.49. The first kappa shape index (κ1) is 21.0. The molecule has 160 valence electrons. The molecule has 0 bridgehead atoms. The van der Waals surface area contributed by atoms with E-state index >= 15 is 0 Å². The summed E-state index contributed by atoms with van der Waals surface area (Å²) in [6.07, 6.45) is 0.0473. The number of morpholine rings is 1. The minimum absolute atomic E-state index is 0.0357. The fourth-order valence-corrected chi connectivity index (χ4v) is 5.05. The van der Waals surface area contributed by atoms with Crippen LogP contribution in [0.1, 0.15) is 34.8 Å². The molecule has 3 heterocycles. The zero-order valence-electron chi connectivity index (χ0n) is 17.9. The fourth-order valence-electron chi connectivity index (χ4n) is 3.97. The van der Waals surface area contributed by atoms with Crippen LogP contribution < -0.4 is 5.32 Å². The van der Waals surface area contributed by atoms with Gasteiger partial charge in [-0.1, -0.05) is 44.2 Å². The molecule has 1 amide bonds. The van der Waals surface area contributed by atoms with Crippen molar-refractivity contribution in [2.75, 3.05) is 32.8 Å². The van der Waals surface area contributed by atoms with E-state index < -0.39 is 0 Å². The van der Waals surface area contributed by atoms with Crippen molar-refractivity contribution in [2.45, 2.75) is 33.4 Å². The predicted molar refractivity (Wildman–Crippen MR) is 121 cm³/mol. The van der Waals surface area contributed by atoms with E-state index in [2.05, 4.69) is 41.3 Å². The highest BCUT2D eigenvalue weighted by Gasteiger charge is 2.22. The monoisotopic (exact) mass is 426 g/mol. The van der Waals surface area contributed by atoms with E-state index in [1.165, 1.54) is 16.9 Å². The molecular formula is C23H30N4O2S. The molecule has 3 aromatic rings. The van der Waals surface area contributed by atoms with E-state index in [-0.39, 0.29) is 12.0 Å². The second-order valence-corrected chi connectivity index (χ2v) is 9.45. The molecule has 1 aromatic carbocycles. The first-order chi connectivity index (χ1) is 14.5. The first-order valence-corrected chi connectivity index (χ1v) is 11.4. The Morgan fingerprint density at radius 2 is 2.13 bits per heavy atom. The molecule has 1 N–H and O–H groups in total. The molecule has 1 saturated heterocycles. The summed E-state index contributed by atoms with van der Waals surface area (Å²) in [6.45, 7) is 11.3. The van der Waals surface area contributed by atoms with Crippen LogP contribution in [-0.2, 0) is 11.3 Å². The van der Waals surface area contributed by atoms with Crippen LogP contribution in [-0.4, -0.2) is 59.5 Å². The lowest BCUT2D eigenvalue weighted by atomic mass is 10.2. The molecule has 0 radical (unpaired) electrons. The SMILES string of the molecule is Cc1nn(Cc2ccccc2)c2sc(C(=O)NC[C@@H]3CN(CC(C)C)CCO3)cc12. The Kier molecular flexibility index (Phi) is 6.51. The Morgan fingerprint density at radius 3 is 2.90 bits per heavy atom. The maximum Gasteiger partial charge on any atom is 0.261 e. The van der Waals surface area contributed by atoms with Crippen LogP contribution in [0.3, 0.4) is 0 Å². The van der Waals surface area contributed by atoms with Gasteiger partial charge in [-0.25, -0.2) is 0 Å². The van der Waals surface area contributed by atoms with E-state index in [0.717, 1.165) is 47.0 Å². The number of carbonyl (C=O) groups excluding carboxylic acids is 1. The largest absolute Gasteiger partial charge is 0.374 e. The summed E-state index contributed by atoms with van der Waals surface area (Å²) in [5.74, 6) is 0.599. The summed E-state index contributed by atoms with van der Waals surface area (Å²) >= 11 is 1.50. The summed E-state index contributed by atoms with van der Waals surface area (Å²) in [5.41, 5.74) is 2.15. The molecule has 0 aliphatic carbocycles. The maximum atomic E-state index is 12.8. The van der Waals surface area contributed by atoms with Crippen molar-refractivity contribution in [3.8, 4) is 0 Å². The zero-order valence-corrected chi connectivity index (χ0v) is 18.7. The normalized spacial score (nSPS) is 17.7. The molecule has 7 heteroatoms. The van der Waals surface area contributed by atoms with Gasteiger partial charge in [-0.2, -0.15) is 5.10 Å². The lowest BCUT2D eigenvalue weighted by Gasteiger charge is -2.33. The van der Waals surface area contributed by atoms with Gasteiger partial charge in [0.1, 0.15) is 4.83 Å². The van der Waals surface area contributed by atoms with Gasteiger partial charge >= 0.3 is 0 Å². The highest BCUT2D eigenvalue weighted by Crippen LogP contribution is 2.29. The Labute approximate surface area is 181 Å². The summed E-state index contributed by atoms with van der Waals surface area (Å²) < 4.78 is 7.85. The zero-order chi connectivity index (χ0) is 21.1. The number of nitrogens with zero attached hydrogens (tertiary/aromatic N) is 3. The molecule has 0 unspecified atom stereocenters. The second-order valence-electron chi connectivity index (χ2n) is 8.41. The highest BCUT2D eigenvalue weighted by molar-refractivity contribution is 7.20. The Bertz CT molecular complexity index is 995. The number of thiophene rings is 1. The fraction of sp³-hybridized carbons (Fsp3) is 0.478. The molecule has 0 saturated carbocycles. The number of rotatable bonds is 7. The Morgan fingerprint density at radius 1 is 1.33 bits per heavy atom. The second kappa shape index (κ2) is 9.29. The molecule has 1 fully saturated rings. The number of amides is 1. The van der Waals surface area contributed by atoms with E-state index in [1.54, 1.807) is 0 Å². The lowest BCUT2D eigenvalue weighted by molar-refractivity contribution is -0.0295. The van der Waals surface area contributed by atoms with Crippen molar-refractivity contribution in [2.24, 2.45) is 5.92 Å². The van der Waals surface area contributed by atoms with Gasteiger partial charge in [0.2, 0.25) is 0 Å². The number of ether oxygens (including phenoxy) is 1. The average Bonchev–Trinajstić information content (AvgIpc) is 3.28. The summed E-state index contributed by atoms with van der Waals surface area (Å²) in [7, 11) is 0. The average molecular weight is 427 g/mol. The van der Waals surface area contributed by atoms with Crippen molar-refractivity contribution >= 4 is 27.5 Å². The van der Waals surface area contributed by atoms with Gasteiger partial charge in [0.15, 0.2) is 0 Å². The van der Waals surface area contributed by atoms with Crippen molar-refractivity contribution in [1.29, 1.82) is 0 Å². The number of carbonyl (C=O) groups is 1. The van der Waals surface area contributed by atoms with Gasteiger partial charge in [0, 0.05) is 31.6 Å². The van der Waals surface area contributed by atoms with Crippen LogP contribution in [0.5, 0.6) is 0 Å². The summed E-state index contributed by atoms with van der Waals surface area (Å²) in [4.78, 5) is 17.0. The van der Waals surface area contributed by atoms with Gasteiger partial charge in [-0.15, -0.1) is 11.3 Å². The predicted octanol–water partition coefficient (Wildman–Crippen LogP) is 3.54. The molecule has 6 nitrogen and oxygen atoms in total. The van der Waals surface area contributed by atoms with E-state index in [9.17, 15) is 4.79 Å². The Hall–Kier alpha value is -2.22. The smallest absolute Gasteiger partial charge is 0.261 e. The standard InChI is InChI=1S/C23H30N4O2S/c1-16(2)13-26-9-10-29-19(15-26)12-24-22(28)21-11-20-17(3)25-27(23(20)30-21)14-18-7-5-4-6-8-18/h4-8,11,16,19H,9-10,12-15H2,1-3H3,(H,24,28)/t19-/m1/s1. The number of hydrogen-bond donors (Lipinski definition) is 1. The van der Waals surface area contributed by atoms with Crippen LogP contribution in [0.25, 0.3) is 10.2 Å². The molecule has 1 atom stereocenters. The number of aromatic nitrogens is 2. The number of fused-ring (bicyclic) bond motifs is 1. The van der Waals surface area contributed by atoms with Crippen molar-refractivity contribution < 1.29 is 9.53 Å². The van der Waals surface area contributed by atoms with Gasteiger partial charge in [0.05, 0.1) is 29.8 Å². The number of aryl methyl sites for hydroxylation is 1. The molecule has 2 aromatic heterocycles. The van der Waals surface area contributed by atoms with Crippen LogP contribution in [0, 0.1) is 12.8 Å². The minimum atomic E-state index is -0.0357. The summed E-state index contributed by atoms with van der Waals surface area (Å²) in [5, 5.41) is 8.79. The van der Waals surface area contributed by atoms with Crippen LogP contribution >= 0.6 is 11.3 Å². The van der Waals surface area contributed by atoms with E-state index in [0.29, 0.717) is 19.0 Å². The highest BCUT2D eigenvalue weighted by atomic mass is 32.1. The molecule has 0 spiro atoms. The van der Waals surface area contributed by atoms with Crippen molar-refractivity contribution in [3.63, 3.8) is 0 Å². The quantitative estimate of drug-likeness (QED) is 0.628. The molecule has 1 aliphatic rings. The number of nitrogens with one attached hydrogen (secondary N) is 1. The van der Waals surface area contributed by atoms with E-state index in [1.807, 2.05) is 35.9 Å².